The maximum Gasteiger partial charge on any atom is 0.318 e. The number of hydrogen-bond donors (Lipinski definition) is 0. The predicted octanol–water partition coefficient (Wildman–Crippen LogP) is 0.790. The minimum Gasteiger partial charge on any atom is -0.497 e. The van der Waals surface area contributed by atoms with E-state index in [0.717, 1.165) is 0 Å². The third kappa shape index (κ3) is 2.49. The molecule has 1 saturated heterocycles. The van der Waals surface area contributed by atoms with Crippen LogP contribution in [0.5, 0.6) is 5.75 Å². The van der Waals surface area contributed by atoms with Crippen molar-refractivity contribution in [1.29, 1.82) is 0 Å². The number of hydrogen-bond acceptors (Lipinski definition) is 5. The summed E-state index contributed by atoms with van der Waals surface area (Å²) >= 11 is 0. The quantitative estimate of drug-likeness (QED) is 0.462. The van der Waals surface area contributed by atoms with Crippen LogP contribution in [0.4, 0.5) is 5.69 Å². The second-order valence-corrected chi connectivity index (χ2v) is 4.28. The Hall–Kier alpha value is -2.37. The first-order valence-electron chi connectivity index (χ1n) is 6.25. The minimum absolute atomic E-state index is 0.0167. The van der Waals surface area contributed by atoms with E-state index in [4.69, 9.17) is 9.47 Å². The standard InChI is InChI=1S/C14H15NO5/c1-3-20-14(18)11-8-15(13(17)12(11)16)9-4-6-10(19-2)7-5-9/h4-7,11H,3,8H2,1-2H3/t11-/m1/s1. The molecule has 1 amide bonds. The number of carbonyl (C=O) groups excluding carboxylic acids is 3. The molecule has 20 heavy (non-hydrogen) atoms. The van der Waals surface area contributed by atoms with E-state index >= 15 is 0 Å². The van der Waals surface area contributed by atoms with E-state index in [0.29, 0.717) is 11.4 Å². The van der Waals surface area contributed by atoms with Gasteiger partial charge in [0.05, 0.1) is 13.7 Å². The summed E-state index contributed by atoms with van der Waals surface area (Å²) in [6, 6.07) is 6.70. The first-order valence-corrected chi connectivity index (χ1v) is 6.25. The zero-order valence-electron chi connectivity index (χ0n) is 11.3. The van der Waals surface area contributed by atoms with Crippen LogP contribution in [0, 0.1) is 5.92 Å². The number of amides is 1. The lowest BCUT2D eigenvalue weighted by molar-refractivity contribution is -0.151. The molecule has 2 rings (SSSR count). The average Bonchev–Trinajstić information content (AvgIpc) is 2.76. The van der Waals surface area contributed by atoms with Gasteiger partial charge in [0, 0.05) is 12.2 Å². The fraction of sp³-hybridized carbons (Fsp3) is 0.357. The monoisotopic (exact) mass is 277 g/mol. The van der Waals surface area contributed by atoms with Crippen molar-refractivity contribution in [2.24, 2.45) is 5.92 Å². The van der Waals surface area contributed by atoms with Gasteiger partial charge in [-0.2, -0.15) is 0 Å². The fourth-order valence-corrected chi connectivity index (χ4v) is 2.04. The molecule has 1 aliphatic rings. The van der Waals surface area contributed by atoms with E-state index in [-0.39, 0.29) is 13.2 Å². The number of rotatable bonds is 4. The van der Waals surface area contributed by atoms with Crippen LogP contribution in [0.25, 0.3) is 0 Å². The molecule has 0 bridgehead atoms. The number of benzene rings is 1. The molecule has 1 heterocycles. The van der Waals surface area contributed by atoms with Gasteiger partial charge >= 0.3 is 5.97 Å². The number of ketones is 1. The van der Waals surface area contributed by atoms with Crippen LogP contribution in [-0.4, -0.2) is 37.9 Å². The van der Waals surface area contributed by atoms with Crippen LogP contribution in [0.15, 0.2) is 24.3 Å². The highest BCUT2D eigenvalue weighted by Crippen LogP contribution is 2.25. The predicted molar refractivity (Wildman–Crippen MR) is 70.5 cm³/mol. The molecule has 1 atom stereocenters. The Bertz CT molecular complexity index is 537. The first kappa shape index (κ1) is 14.0. The molecule has 1 aromatic rings. The van der Waals surface area contributed by atoms with Crippen molar-refractivity contribution < 1.29 is 23.9 Å². The van der Waals surface area contributed by atoms with E-state index in [1.54, 1.807) is 31.2 Å². The molecule has 0 N–H and O–H groups in total. The molecule has 6 heteroatoms. The van der Waals surface area contributed by atoms with Crippen molar-refractivity contribution >= 4 is 23.3 Å². The Balaban J connectivity index is 2.19. The third-order valence-corrected chi connectivity index (χ3v) is 3.09. The van der Waals surface area contributed by atoms with E-state index in [2.05, 4.69) is 0 Å². The SMILES string of the molecule is CCOC(=O)[C@@H]1CN(c2ccc(OC)cc2)C(=O)C1=O. The van der Waals surface area contributed by atoms with Crippen molar-refractivity contribution in [2.75, 3.05) is 25.2 Å². The highest BCUT2D eigenvalue weighted by Gasteiger charge is 2.44. The molecule has 0 spiro atoms. The lowest BCUT2D eigenvalue weighted by Gasteiger charge is -2.15. The Kier molecular flexibility index (Phi) is 4.02. The molecule has 6 nitrogen and oxygen atoms in total. The van der Waals surface area contributed by atoms with Crippen LogP contribution in [0.3, 0.4) is 0 Å². The van der Waals surface area contributed by atoms with Crippen LogP contribution < -0.4 is 9.64 Å². The number of carbonyl (C=O) groups is 3. The third-order valence-electron chi connectivity index (χ3n) is 3.09. The molecular formula is C14H15NO5. The van der Waals surface area contributed by atoms with Crippen molar-refractivity contribution in [3.05, 3.63) is 24.3 Å². The molecule has 0 unspecified atom stereocenters. The summed E-state index contributed by atoms with van der Waals surface area (Å²) in [6.45, 7) is 1.85. The topological polar surface area (TPSA) is 72.9 Å². The van der Waals surface area contributed by atoms with Gasteiger partial charge in [0.15, 0.2) is 0 Å². The molecule has 0 aliphatic carbocycles. The summed E-state index contributed by atoms with van der Waals surface area (Å²) in [4.78, 5) is 36.6. The second kappa shape index (κ2) is 5.73. The molecule has 1 aromatic carbocycles. The molecule has 0 radical (unpaired) electrons. The highest BCUT2D eigenvalue weighted by molar-refractivity contribution is 6.47. The van der Waals surface area contributed by atoms with Crippen LogP contribution in [0.1, 0.15) is 6.92 Å². The number of nitrogens with zero attached hydrogens (tertiary/aromatic N) is 1. The lowest BCUT2D eigenvalue weighted by atomic mass is 10.1. The van der Waals surface area contributed by atoms with Gasteiger partial charge in [0.25, 0.3) is 5.91 Å². The molecule has 1 fully saturated rings. The van der Waals surface area contributed by atoms with E-state index in [9.17, 15) is 14.4 Å². The zero-order chi connectivity index (χ0) is 14.7. The number of esters is 1. The Morgan fingerprint density at radius 3 is 2.50 bits per heavy atom. The van der Waals surface area contributed by atoms with E-state index < -0.39 is 23.6 Å². The highest BCUT2D eigenvalue weighted by atomic mass is 16.5. The maximum absolute atomic E-state index is 11.9. The van der Waals surface area contributed by atoms with Crippen LogP contribution >= 0.6 is 0 Å². The normalized spacial score (nSPS) is 18.3. The van der Waals surface area contributed by atoms with Gasteiger partial charge in [0.1, 0.15) is 11.7 Å². The summed E-state index contributed by atoms with van der Waals surface area (Å²) in [7, 11) is 1.54. The van der Waals surface area contributed by atoms with Gasteiger partial charge in [-0.1, -0.05) is 0 Å². The second-order valence-electron chi connectivity index (χ2n) is 4.28. The largest absolute Gasteiger partial charge is 0.497 e. The minimum atomic E-state index is -1.04. The summed E-state index contributed by atoms with van der Waals surface area (Å²) < 4.78 is 9.83. The number of methoxy groups -OCH3 is 1. The van der Waals surface area contributed by atoms with Crippen LogP contribution in [-0.2, 0) is 19.1 Å². The van der Waals surface area contributed by atoms with E-state index in [1.807, 2.05) is 0 Å². The van der Waals surface area contributed by atoms with E-state index in [1.165, 1.54) is 12.0 Å². The van der Waals surface area contributed by atoms with Gasteiger partial charge in [-0.3, -0.25) is 14.4 Å². The van der Waals surface area contributed by atoms with Crippen molar-refractivity contribution in [2.45, 2.75) is 6.92 Å². The molecular weight excluding hydrogens is 262 g/mol. The Morgan fingerprint density at radius 1 is 1.30 bits per heavy atom. The average molecular weight is 277 g/mol. The molecule has 0 aromatic heterocycles. The van der Waals surface area contributed by atoms with Gasteiger partial charge in [-0.15, -0.1) is 0 Å². The van der Waals surface area contributed by atoms with Gasteiger partial charge < -0.3 is 14.4 Å². The first-order chi connectivity index (χ1) is 9.58. The molecule has 0 saturated carbocycles. The zero-order valence-corrected chi connectivity index (χ0v) is 11.3. The van der Waals surface area contributed by atoms with Crippen molar-refractivity contribution in [1.82, 2.24) is 0 Å². The Labute approximate surface area is 116 Å². The fourth-order valence-electron chi connectivity index (χ4n) is 2.04. The summed E-state index contributed by atoms with van der Waals surface area (Å²) in [5.74, 6) is -2.45. The summed E-state index contributed by atoms with van der Waals surface area (Å²) in [5, 5.41) is 0. The van der Waals surface area contributed by atoms with Gasteiger partial charge in [0.2, 0.25) is 5.78 Å². The molecule has 106 valence electrons. The number of anilines is 1. The van der Waals surface area contributed by atoms with Crippen LogP contribution in [0.2, 0.25) is 0 Å². The summed E-state index contributed by atoms with van der Waals surface area (Å²) in [6.07, 6.45) is 0. The lowest BCUT2D eigenvalue weighted by Crippen LogP contribution is -2.26. The number of Topliss-reactive ketones (excluding diaryl/α,β-unsaturated/α-hetero) is 1. The Morgan fingerprint density at radius 2 is 1.95 bits per heavy atom. The summed E-state index contributed by atoms with van der Waals surface area (Å²) in [5.41, 5.74) is 0.552. The van der Waals surface area contributed by atoms with Crippen molar-refractivity contribution in [3.8, 4) is 5.75 Å². The maximum atomic E-state index is 11.9. The smallest absolute Gasteiger partial charge is 0.318 e. The van der Waals surface area contributed by atoms with Crippen molar-refractivity contribution in [3.63, 3.8) is 0 Å². The molecule has 1 aliphatic heterocycles. The van der Waals surface area contributed by atoms with Gasteiger partial charge in [-0.25, -0.2) is 0 Å². The number of ether oxygens (including phenoxy) is 2. The van der Waals surface area contributed by atoms with Gasteiger partial charge in [-0.05, 0) is 31.2 Å².